The van der Waals surface area contributed by atoms with Crippen molar-refractivity contribution in [2.45, 2.75) is 19.3 Å². The molecule has 3 nitrogen and oxygen atoms in total. The number of carbonyl (C=O) groups excluding carboxylic acids is 1. The molecule has 0 fully saturated rings. The Labute approximate surface area is 157 Å². The van der Waals surface area contributed by atoms with Crippen molar-refractivity contribution in [3.05, 3.63) is 71.9 Å². The van der Waals surface area contributed by atoms with Gasteiger partial charge in [0.2, 0.25) is 0 Å². The van der Waals surface area contributed by atoms with E-state index in [9.17, 15) is 4.79 Å². The maximum absolute atomic E-state index is 12.9. The van der Waals surface area contributed by atoms with Crippen LogP contribution in [-0.4, -0.2) is 17.9 Å². The highest BCUT2D eigenvalue weighted by Crippen LogP contribution is 2.40. The zero-order valence-corrected chi connectivity index (χ0v) is 15.2. The van der Waals surface area contributed by atoms with Crippen LogP contribution in [-0.2, 0) is 6.42 Å². The minimum absolute atomic E-state index is 0.199. The molecule has 0 unspecified atom stereocenters. The summed E-state index contributed by atoms with van der Waals surface area (Å²) in [7, 11) is 1.66. The van der Waals surface area contributed by atoms with Gasteiger partial charge in [-0.25, -0.2) is 0 Å². The van der Waals surface area contributed by atoms with Crippen LogP contribution in [0.1, 0.15) is 28.9 Å². The fourth-order valence-corrected chi connectivity index (χ4v) is 4.16. The van der Waals surface area contributed by atoms with Crippen molar-refractivity contribution in [2.75, 3.05) is 7.11 Å². The summed E-state index contributed by atoms with van der Waals surface area (Å²) in [5.41, 5.74) is 4.73. The van der Waals surface area contributed by atoms with Crippen molar-refractivity contribution in [3.63, 3.8) is 0 Å². The number of methoxy groups -OCH3 is 1. The molecule has 0 aliphatic heterocycles. The Balaban J connectivity index is 1.96. The lowest BCUT2D eigenvalue weighted by atomic mass is 9.84. The summed E-state index contributed by atoms with van der Waals surface area (Å²) in [5.74, 6) is 1.01. The summed E-state index contributed by atoms with van der Waals surface area (Å²) in [4.78, 5) is 17.8. The molecule has 132 valence electrons. The molecule has 0 N–H and O–H groups in total. The van der Waals surface area contributed by atoms with E-state index >= 15 is 0 Å². The number of hydrogen-bond donors (Lipinski definition) is 0. The van der Waals surface area contributed by atoms with Crippen LogP contribution in [0.5, 0.6) is 5.75 Å². The number of rotatable bonds is 2. The van der Waals surface area contributed by atoms with Crippen LogP contribution in [0.25, 0.3) is 32.8 Å². The quantitative estimate of drug-likeness (QED) is 0.441. The molecule has 0 atom stereocenters. The van der Waals surface area contributed by atoms with Gasteiger partial charge in [0, 0.05) is 22.9 Å². The first-order valence-electron chi connectivity index (χ1n) is 9.28. The largest absolute Gasteiger partial charge is 0.497 e. The van der Waals surface area contributed by atoms with Gasteiger partial charge >= 0.3 is 0 Å². The van der Waals surface area contributed by atoms with Crippen LogP contribution in [0.3, 0.4) is 0 Å². The number of aryl methyl sites for hydroxylation is 1. The molecule has 5 rings (SSSR count). The van der Waals surface area contributed by atoms with E-state index < -0.39 is 0 Å². The van der Waals surface area contributed by atoms with Gasteiger partial charge in [-0.2, -0.15) is 0 Å². The highest BCUT2D eigenvalue weighted by Gasteiger charge is 2.26. The summed E-state index contributed by atoms with van der Waals surface area (Å²) in [6, 6.07) is 20.5. The molecule has 1 heterocycles. The lowest BCUT2D eigenvalue weighted by molar-refractivity contribution is 0.0972. The molecule has 4 aromatic rings. The number of nitrogens with zero attached hydrogens (tertiary/aromatic N) is 1. The Bertz CT molecular complexity index is 1190. The third kappa shape index (κ3) is 2.50. The summed E-state index contributed by atoms with van der Waals surface area (Å²) in [6.07, 6.45) is 2.32. The Kier molecular flexibility index (Phi) is 3.68. The first kappa shape index (κ1) is 16.0. The molecule has 0 bridgehead atoms. The molecule has 0 saturated carbocycles. The van der Waals surface area contributed by atoms with Gasteiger partial charge in [-0.15, -0.1) is 0 Å². The number of pyridine rings is 1. The minimum Gasteiger partial charge on any atom is -0.497 e. The van der Waals surface area contributed by atoms with E-state index in [2.05, 4.69) is 24.3 Å². The molecule has 0 amide bonds. The highest BCUT2D eigenvalue weighted by atomic mass is 16.5. The predicted molar refractivity (Wildman–Crippen MR) is 109 cm³/mol. The van der Waals surface area contributed by atoms with Gasteiger partial charge in [-0.1, -0.05) is 42.5 Å². The van der Waals surface area contributed by atoms with Crippen molar-refractivity contribution in [1.82, 2.24) is 4.98 Å². The molecule has 0 saturated heterocycles. The standard InChI is InChI=1S/C24H19NO2/c1-27-17-12-9-16(10-13-17)22-23-18-6-3-2-5-15(18)11-14-20(23)25-19-7-4-8-21(26)24(19)22/h2-3,5-6,9-14H,4,7-8H2,1H3. The average molecular weight is 353 g/mol. The minimum atomic E-state index is 0.199. The van der Waals surface area contributed by atoms with Crippen LogP contribution < -0.4 is 4.74 Å². The van der Waals surface area contributed by atoms with Crippen molar-refractivity contribution in [3.8, 4) is 16.9 Å². The third-order valence-electron chi connectivity index (χ3n) is 5.43. The molecule has 0 radical (unpaired) electrons. The van der Waals surface area contributed by atoms with Gasteiger partial charge in [0.15, 0.2) is 5.78 Å². The van der Waals surface area contributed by atoms with Gasteiger partial charge in [-0.3, -0.25) is 9.78 Å². The van der Waals surface area contributed by atoms with Crippen LogP contribution in [0.15, 0.2) is 60.7 Å². The van der Waals surface area contributed by atoms with Crippen molar-refractivity contribution >= 4 is 27.5 Å². The first-order chi connectivity index (χ1) is 13.3. The zero-order valence-electron chi connectivity index (χ0n) is 15.2. The Morgan fingerprint density at radius 2 is 1.70 bits per heavy atom. The second-order valence-electron chi connectivity index (χ2n) is 6.99. The first-order valence-corrected chi connectivity index (χ1v) is 9.28. The van der Waals surface area contributed by atoms with E-state index in [4.69, 9.17) is 9.72 Å². The van der Waals surface area contributed by atoms with Gasteiger partial charge < -0.3 is 4.74 Å². The second kappa shape index (κ2) is 6.20. The zero-order chi connectivity index (χ0) is 18.4. The maximum atomic E-state index is 12.9. The third-order valence-corrected chi connectivity index (χ3v) is 5.43. The second-order valence-corrected chi connectivity index (χ2v) is 6.99. The Morgan fingerprint density at radius 3 is 2.52 bits per heavy atom. The normalized spacial score (nSPS) is 13.7. The lowest BCUT2D eigenvalue weighted by Gasteiger charge is -2.21. The lowest BCUT2D eigenvalue weighted by Crippen LogP contribution is -2.15. The number of aromatic nitrogens is 1. The fraction of sp³-hybridized carbons (Fsp3) is 0.167. The molecule has 1 aliphatic carbocycles. The van der Waals surface area contributed by atoms with Gasteiger partial charge in [0.05, 0.1) is 18.3 Å². The predicted octanol–water partition coefficient (Wildman–Crippen LogP) is 5.58. The fourth-order valence-electron chi connectivity index (χ4n) is 4.16. The van der Waals surface area contributed by atoms with Crippen molar-refractivity contribution < 1.29 is 9.53 Å². The van der Waals surface area contributed by atoms with E-state index in [-0.39, 0.29) is 5.78 Å². The molecule has 1 aromatic heterocycles. The van der Waals surface area contributed by atoms with E-state index in [1.165, 1.54) is 0 Å². The van der Waals surface area contributed by atoms with E-state index in [1.807, 2.05) is 36.4 Å². The van der Waals surface area contributed by atoms with Gasteiger partial charge in [0.1, 0.15) is 5.75 Å². The van der Waals surface area contributed by atoms with E-state index in [0.717, 1.165) is 62.7 Å². The number of fused-ring (bicyclic) bond motifs is 4. The Hall–Kier alpha value is -3.20. The number of ether oxygens (including phenoxy) is 1. The van der Waals surface area contributed by atoms with Gasteiger partial charge in [0.25, 0.3) is 0 Å². The van der Waals surface area contributed by atoms with Crippen LogP contribution >= 0.6 is 0 Å². The smallest absolute Gasteiger partial charge is 0.165 e. The highest BCUT2D eigenvalue weighted by molar-refractivity contribution is 6.19. The molecule has 27 heavy (non-hydrogen) atoms. The average Bonchev–Trinajstić information content (AvgIpc) is 2.72. The SMILES string of the molecule is COc1ccc(-c2c3c(nc4ccc5ccccc5c24)CCCC3=O)cc1. The van der Waals surface area contributed by atoms with Gasteiger partial charge in [-0.05, 0) is 47.4 Å². The molecule has 1 aliphatic rings. The number of Topliss-reactive ketones (excluding diaryl/α,β-unsaturated/α-hetero) is 1. The maximum Gasteiger partial charge on any atom is 0.165 e. The molecule has 3 aromatic carbocycles. The molecular weight excluding hydrogens is 334 g/mol. The summed E-state index contributed by atoms with van der Waals surface area (Å²) < 4.78 is 5.32. The van der Waals surface area contributed by atoms with Crippen molar-refractivity contribution in [2.24, 2.45) is 0 Å². The van der Waals surface area contributed by atoms with Crippen LogP contribution in [0.2, 0.25) is 0 Å². The summed E-state index contributed by atoms with van der Waals surface area (Å²) in [5, 5.41) is 3.35. The summed E-state index contributed by atoms with van der Waals surface area (Å²) in [6.45, 7) is 0. The Morgan fingerprint density at radius 1 is 0.889 bits per heavy atom. The van der Waals surface area contributed by atoms with Crippen LogP contribution in [0, 0.1) is 0 Å². The molecule has 3 heteroatoms. The molecule has 0 spiro atoms. The number of carbonyl (C=O) groups is 1. The number of ketones is 1. The number of benzene rings is 3. The van der Waals surface area contributed by atoms with E-state index in [0.29, 0.717) is 6.42 Å². The van der Waals surface area contributed by atoms with Crippen molar-refractivity contribution in [1.29, 1.82) is 0 Å². The van der Waals surface area contributed by atoms with E-state index in [1.54, 1.807) is 7.11 Å². The molecular formula is C24H19NO2. The number of hydrogen-bond acceptors (Lipinski definition) is 3. The van der Waals surface area contributed by atoms with Crippen LogP contribution in [0.4, 0.5) is 0 Å². The monoisotopic (exact) mass is 353 g/mol. The topological polar surface area (TPSA) is 39.2 Å². The summed E-state index contributed by atoms with van der Waals surface area (Å²) >= 11 is 0.